The van der Waals surface area contributed by atoms with Crippen LogP contribution in [0.2, 0.25) is 0 Å². The van der Waals surface area contributed by atoms with Gasteiger partial charge in [-0.05, 0) is 41.9 Å². The molecular weight excluding hydrogens is 512 g/mol. The van der Waals surface area contributed by atoms with Crippen LogP contribution < -0.4 is 15.4 Å². The number of amides is 1. The highest BCUT2D eigenvalue weighted by molar-refractivity contribution is 5.92. The van der Waals surface area contributed by atoms with Gasteiger partial charge < -0.3 is 19.9 Å². The van der Waals surface area contributed by atoms with E-state index in [0.29, 0.717) is 29.6 Å². The van der Waals surface area contributed by atoms with E-state index in [1.807, 2.05) is 25.1 Å². The van der Waals surface area contributed by atoms with E-state index in [4.69, 9.17) is 9.26 Å². The van der Waals surface area contributed by atoms with Crippen molar-refractivity contribution in [1.29, 1.82) is 0 Å². The number of pyridine rings is 3. The number of aliphatic imine (C=N–C) groups is 1. The molecule has 0 fully saturated rings. The predicted octanol–water partition coefficient (Wildman–Crippen LogP) is 3.42. The molecule has 0 radical (unpaired) electrons. The molecule has 5 rings (SSSR count). The van der Waals surface area contributed by atoms with Crippen LogP contribution in [-0.4, -0.2) is 61.3 Å². The van der Waals surface area contributed by atoms with Crippen LogP contribution in [0.4, 0.5) is 11.8 Å². The molecule has 200 valence electrons. The number of nitrogens with zero attached hydrogens (tertiary/aromatic N) is 8. The number of aryl methyl sites for hydroxylation is 1. The first kappa shape index (κ1) is 26.0. The minimum absolute atomic E-state index is 0.242. The number of carbonyl (C=O) groups is 1. The van der Waals surface area contributed by atoms with Crippen molar-refractivity contribution in [3.05, 3.63) is 83.9 Å². The van der Waals surface area contributed by atoms with Gasteiger partial charge >= 0.3 is 0 Å². The molecule has 2 N–H and O–H groups in total. The Morgan fingerprint density at radius 2 is 1.85 bits per heavy atom. The van der Waals surface area contributed by atoms with E-state index in [0.717, 1.165) is 22.5 Å². The van der Waals surface area contributed by atoms with Crippen LogP contribution in [0.3, 0.4) is 0 Å². The van der Waals surface area contributed by atoms with E-state index in [1.54, 1.807) is 57.0 Å². The first-order valence-electron chi connectivity index (χ1n) is 12.1. The summed E-state index contributed by atoms with van der Waals surface area (Å²) >= 11 is 0. The molecule has 40 heavy (non-hydrogen) atoms. The number of aromatic nitrogens is 7. The van der Waals surface area contributed by atoms with Gasteiger partial charge in [-0.2, -0.15) is 4.98 Å². The highest BCUT2D eigenvalue weighted by Crippen LogP contribution is 2.20. The lowest BCUT2D eigenvalue weighted by Crippen LogP contribution is -2.23. The number of ether oxygens (including phenoxy) is 1. The lowest BCUT2D eigenvalue weighted by atomic mass is 10.1. The van der Waals surface area contributed by atoms with Crippen LogP contribution >= 0.6 is 0 Å². The minimum atomic E-state index is -0.314. The molecule has 5 aromatic heterocycles. The van der Waals surface area contributed by atoms with E-state index in [1.165, 1.54) is 6.21 Å². The van der Waals surface area contributed by atoms with Crippen molar-refractivity contribution < 1.29 is 14.1 Å². The highest BCUT2D eigenvalue weighted by Gasteiger charge is 2.12. The maximum Gasteiger partial charge on any atom is 0.270 e. The van der Waals surface area contributed by atoms with Crippen molar-refractivity contribution in [3.63, 3.8) is 0 Å². The summed E-state index contributed by atoms with van der Waals surface area (Å²) in [4.78, 5) is 42.6. The Balaban J connectivity index is 1.21. The zero-order valence-corrected chi connectivity index (χ0v) is 21.9. The zero-order valence-electron chi connectivity index (χ0n) is 21.9. The summed E-state index contributed by atoms with van der Waals surface area (Å²) < 4.78 is 10.1. The third-order valence-corrected chi connectivity index (χ3v) is 5.55. The largest absolute Gasteiger partial charge is 0.481 e. The summed E-state index contributed by atoms with van der Waals surface area (Å²) in [5.41, 5.74) is 4.11. The van der Waals surface area contributed by atoms with E-state index in [2.05, 4.69) is 50.7 Å². The molecule has 0 bridgehead atoms. The molecule has 13 heteroatoms. The Kier molecular flexibility index (Phi) is 7.72. The van der Waals surface area contributed by atoms with Gasteiger partial charge in [0.05, 0.1) is 19.0 Å². The molecular formula is C27H24N10O3. The van der Waals surface area contributed by atoms with Crippen LogP contribution in [-0.2, 0) is 6.54 Å². The van der Waals surface area contributed by atoms with Gasteiger partial charge in [0.1, 0.15) is 11.5 Å². The summed E-state index contributed by atoms with van der Waals surface area (Å²) in [5.74, 6) is 1.65. The van der Waals surface area contributed by atoms with Crippen LogP contribution in [0.5, 0.6) is 5.88 Å². The maximum atomic E-state index is 12.7. The average Bonchev–Trinajstić information content (AvgIpc) is 3.42. The highest BCUT2D eigenvalue weighted by atomic mass is 16.5. The first-order valence-corrected chi connectivity index (χ1v) is 12.1. The number of carbonyl (C=O) groups excluding carboxylic acids is 1. The van der Waals surface area contributed by atoms with Crippen molar-refractivity contribution >= 4 is 23.9 Å². The molecule has 0 aliphatic heterocycles. The Bertz CT molecular complexity index is 1630. The average molecular weight is 537 g/mol. The quantitative estimate of drug-likeness (QED) is 0.265. The van der Waals surface area contributed by atoms with Crippen LogP contribution in [0.1, 0.15) is 27.6 Å². The van der Waals surface area contributed by atoms with E-state index in [9.17, 15) is 4.79 Å². The lowest BCUT2D eigenvalue weighted by molar-refractivity contribution is 0.0946. The fourth-order valence-corrected chi connectivity index (χ4v) is 3.61. The Hall–Kier alpha value is -5.59. The number of rotatable bonds is 9. The van der Waals surface area contributed by atoms with Gasteiger partial charge in [-0.3, -0.25) is 19.8 Å². The smallest absolute Gasteiger partial charge is 0.270 e. The monoisotopic (exact) mass is 536 g/mol. The lowest BCUT2D eigenvalue weighted by Gasteiger charge is -2.08. The molecule has 0 aliphatic carbocycles. The number of hydrogen-bond acceptors (Lipinski definition) is 12. The second kappa shape index (κ2) is 11.9. The molecule has 0 spiro atoms. The zero-order chi connectivity index (χ0) is 27.9. The molecule has 5 heterocycles. The molecule has 0 aromatic carbocycles. The van der Waals surface area contributed by atoms with Crippen LogP contribution in [0.15, 0.2) is 70.6 Å². The van der Waals surface area contributed by atoms with Gasteiger partial charge in [-0.1, -0.05) is 6.07 Å². The molecule has 0 atom stereocenters. The van der Waals surface area contributed by atoms with Crippen LogP contribution in [0, 0.1) is 6.92 Å². The van der Waals surface area contributed by atoms with Gasteiger partial charge in [0.15, 0.2) is 5.82 Å². The van der Waals surface area contributed by atoms with Gasteiger partial charge in [-0.25, -0.2) is 15.0 Å². The second-order valence-corrected chi connectivity index (χ2v) is 8.44. The number of anilines is 2. The first-order chi connectivity index (χ1) is 19.5. The second-order valence-electron chi connectivity index (χ2n) is 8.44. The Morgan fingerprint density at radius 1 is 1.00 bits per heavy atom. The van der Waals surface area contributed by atoms with Crippen molar-refractivity contribution in [2.75, 3.05) is 19.5 Å². The normalized spacial score (nSPS) is 11.0. The summed E-state index contributed by atoms with van der Waals surface area (Å²) in [5, 5.41) is 9.69. The van der Waals surface area contributed by atoms with Gasteiger partial charge in [0.2, 0.25) is 5.88 Å². The van der Waals surface area contributed by atoms with E-state index >= 15 is 0 Å². The fraction of sp³-hybridized carbons (Fsp3) is 0.148. The standard InChI is InChI=1S/C27H24N10O3/c1-16-10-22(35-27-36-24(15-28-2)40-37-27)34-25(33-16)19-5-8-21(30-14-19)26(38)32-12-17-4-7-20(29-11-17)18-6-9-23(39-3)31-13-18/h4-11,13-15H,12H2,1-3H3,(H,32,38)(H,33,34,35,37). The molecule has 5 aromatic rings. The molecule has 0 unspecified atom stereocenters. The van der Waals surface area contributed by atoms with Crippen molar-refractivity contribution in [2.24, 2.45) is 4.99 Å². The molecule has 0 saturated heterocycles. The van der Waals surface area contributed by atoms with Gasteiger partial charge in [0.25, 0.3) is 17.7 Å². The molecule has 13 nitrogen and oxygen atoms in total. The Morgan fingerprint density at radius 3 is 2.55 bits per heavy atom. The third-order valence-electron chi connectivity index (χ3n) is 5.55. The summed E-state index contributed by atoms with van der Waals surface area (Å²) in [6.07, 6.45) is 6.41. The maximum absolute atomic E-state index is 12.7. The number of nitrogens with one attached hydrogen (secondary N) is 2. The third kappa shape index (κ3) is 6.27. The van der Waals surface area contributed by atoms with E-state index in [-0.39, 0.29) is 23.4 Å². The van der Waals surface area contributed by atoms with Crippen molar-refractivity contribution in [1.82, 2.24) is 40.4 Å². The summed E-state index contributed by atoms with van der Waals surface area (Å²) in [7, 11) is 3.18. The Labute approximate surface area is 228 Å². The van der Waals surface area contributed by atoms with Gasteiger partial charge in [0, 0.05) is 61.1 Å². The topological polar surface area (TPSA) is 166 Å². The van der Waals surface area contributed by atoms with E-state index < -0.39 is 0 Å². The number of methoxy groups -OCH3 is 1. The van der Waals surface area contributed by atoms with Crippen molar-refractivity contribution in [3.8, 4) is 28.5 Å². The molecule has 0 saturated carbocycles. The predicted molar refractivity (Wildman–Crippen MR) is 146 cm³/mol. The summed E-state index contributed by atoms with van der Waals surface area (Å²) in [6, 6.07) is 12.5. The summed E-state index contributed by atoms with van der Waals surface area (Å²) in [6.45, 7) is 2.14. The van der Waals surface area contributed by atoms with Crippen molar-refractivity contribution in [2.45, 2.75) is 13.5 Å². The minimum Gasteiger partial charge on any atom is -0.481 e. The SMILES string of the molecule is CN=Cc1nc(Nc2cc(C)nc(-c3ccc(C(=O)NCc4ccc(-c5ccc(OC)nc5)nc4)nc3)n2)no1. The fourth-order valence-electron chi connectivity index (χ4n) is 3.61. The number of hydrogen-bond donors (Lipinski definition) is 2. The van der Waals surface area contributed by atoms with Gasteiger partial charge in [-0.15, -0.1) is 0 Å². The molecule has 0 aliphatic rings. The molecule has 1 amide bonds. The van der Waals surface area contributed by atoms with Crippen LogP contribution in [0.25, 0.3) is 22.6 Å².